The molecule has 2 aromatic heterocycles. The molecule has 0 spiro atoms. The van der Waals surface area contributed by atoms with Crippen LogP contribution in [0.2, 0.25) is 0 Å². The first-order valence-corrected chi connectivity index (χ1v) is 7.79. The lowest BCUT2D eigenvalue weighted by atomic mass is 9.92. The molecule has 3 N–H and O–H groups in total. The fourth-order valence-electron chi connectivity index (χ4n) is 3.13. The first-order chi connectivity index (χ1) is 11.5. The van der Waals surface area contributed by atoms with Crippen LogP contribution in [0.15, 0.2) is 18.5 Å². The maximum Gasteiger partial charge on any atom is 0.416 e. The highest BCUT2D eigenvalue weighted by Crippen LogP contribution is 2.28. The number of aliphatic hydroxyl groups excluding tert-OH is 1. The predicted octanol–water partition coefficient (Wildman–Crippen LogP) is 1.60. The maximum absolute atomic E-state index is 12.6. The van der Waals surface area contributed by atoms with Crippen LogP contribution in [0.3, 0.4) is 0 Å². The van der Waals surface area contributed by atoms with Crippen molar-refractivity contribution in [3.8, 4) is 5.75 Å². The van der Waals surface area contributed by atoms with Gasteiger partial charge >= 0.3 is 6.09 Å². The first-order valence-electron chi connectivity index (χ1n) is 7.79. The van der Waals surface area contributed by atoms with Crippen molar-refractivity contribution in [2.45, 2.75) is 37.8 Å². The van der Waals surface area contributed by atoms with Crippen molar-refractivity contribution in [2.75, 3.05) is 7.11 Å². The Kier molecular flexibility index (Phi) is 4.39. The summed E-state index contributed by atoms with van der Waals surface area (Å²) in [5.74, 6) is -0.133. The van der Waals surface area contributed by atoms with Gasteiger partial charge in [0.2, 0.25) is 0 Å². The number of carbonyl (C=O) groups is 2. The molecular formula is C16H19N3O5. The van der Waals surface area contributed by atoms with Crippen molar-refractivity contribution < 1.29 is 24.5 Å². The molecule has 2 atom stereocenters. The summed E-state index contributed by atoms with van der Waals surface area (Å²) in [4.78, 5) is 28.2. The molecule has 1 aliphatic rings. The van der Waals surface area contributed by atoms with Crippen LogP contribution in [0.1, 0.15) is 36.0 Å². The summed E-state index contributed by atoms with van der Waals surface area (Å²) in [7, 11) is 1.42. The number of rotatable bonds is 3. The number of nitrogens with one attached hydrogen (secondary N) is 1. The Morgan fingerprint density at radius 3 is 2.79 bits per heavy atom. The number of methoxy groups -OCH3 is 1. The molecule has 128 valence electrons. The fourth-order valence-corrected chi connectivity index (χ4v) is 3.13. The lowest BCUT2D eigenvalue weighted by Crippen LogP contribution is -2.45. The normalized spacial score (nSPS) is 20.8. The van der Waals surface area contributed by atoms with Crippen molar-refractivity contribution in [3.63, 3.8) is 0 Å². The molecular weight excluding hydrogens is 314 g/mol. The van der Waals surface area contributed by atoms with Gasteiger partial charge in [0.1, 0.15) is 16.8 Å². The van der Waals surface area contributed by atoms with Gasteiger partial charge in [0.05, 0.1) is 24.8 Å². The van der Waals surface area contributed by atoms with Crippen molar-refractivity contribution in [1.29, 1.82) is 0 Å². The molecule has 2 aromatic rings. The molecule has 2 heterocycles. The van der Waals surface area contributed by atoms with E-state index in [9.17, 15) is 19.8 Å². The number of carboxylic acid groups (broad SMARTS) is 1. The van der Waals surface area contributed by atoms with E-state index in [1.54, 1.807) is 0 Å². The summed E-state index contributed by atoms with van der Waals surface area (Å²) >= 11 is 0. The number of ether oxygens (including phenoxy) is 1. The van der Waals surface area contributed by atoms with E-state index < -0.39 is 18.1 Å². The standard InChI is InChI=1S/C16H19N3O5/c1-24-12-6-7-17-13-9(8-19(14(12)13)16(22)23)15(21)18-10-4-2-3-5-11(10)20/h6-8,10-11,20H,2-5H2,1H3,(H,18,21)(H,22,23)/t10-,11-/m0/s1. The summed E-state index contributed by atoms with van der Waals surface area (Å²) in [6.07, 6.45) is 4.08. The molecule has 1 saturated carbocycles. The molecule has 0 aromatic carbocycles. The molecule has 8 heteroatoms. The Morgan fingerprint density at radius 1 is 1.38 bits per heavy atom. The molecule has 3 rings (SSSR count). The van der Waals surface area contributed by atoms with Gasteiger partial charge in [0, 0.05) is 18.5 Å². The second kappa shape index (κ2) is 6.48. The van der Waals surface area contributed by atoms with E-state index in [2.05, 4.69) is 10.3 Å². The molecule has 0 unspecified atom stereocenters. The minimum Gasteiger partial charge on any atom is -0.494 e. The van der Waals surface area contributed by atoms with Crippen LogP contribution in [0, 0.1) is 0 Å². The zero-order valence-corrected chi connectivity index (χ0v) is 13.2. The second-order valence-corrected chi connectivity index (χ2v) is 5.84. The van der Waals surface area contributed by atoms with Crippen LogP contribution in [-0.2, 0) is 0 Å². The Balaban J connectivity index is 2.00. The van der Waals surface area contributed by atoms with Crippen molar-refractivity contribution in [2.24, 2.45) is 0 Å². The molecule has 8 nitrogen and oxygen atoms in total. The quantitative estimate of drug-likeness (QED) is 0.786. The Morgan fingerprint density at radius 2 is 2.12 bits per heavy atom. The zero-order valence-electron chi connectivity index (χ0n) is 13.2. The zero-order chi connectivity index (χ0) is 17.3. The van der Waals surface area contributed by atoms with Gasteiger partial charge in [-0.15, -0.1) is 0 Å². The largest absolute Gasteiger partial charge is 0.494 e. The third-order valence-electron chi connectivity index (χ3n) is 4.36. The highest BCUT2D eigenvalue weighted by molar-refractivity contribution is 6.08. The molecule has 0 bridgehead atoms. The van der Waals surface area contributed by atoms with Crippen molar-refractivity contribution in [3.05, 3.63) is 24.0 Å². The molecule has 1 aliphatic carbocycles. The second-order valence-electron chi connectivity index (χ2n) is 5.84. The maximum atomic E-state index is 12.6. The smallest absolute Gasteiger partial charge is 0.416 e. The summed E-state index contributed by atoms with van der Waals surface area (Å²) in [5, 5.41) is 22.2. The number of nitrogens with zero attached hydrogens (tertiary/aromatic N) is 2. The van der Waals surface area contributed by atoms with E-state index in [0.29, 0.717) is 18.6 Å². The van der Waals surface area contributed by atoms with E-state index >= 15 is 0 Å². The number of carbonyl (C=O) groups excluding carboxylic acids is 1. The van der Waals surface area contributed by atoms with Gasteiger partial charge < -0.3 is 20.3 Å². The van der Waals surface area contributed by atoms with E-state index in [1.807, 2.05) is 0 Å². The van der Waals surface area contributed by atoms with Gasteiger partial charge in [-0.3, -0.25) is 9.78 Å². The first kappa shape index (κ1) is 16.3. The van der Waals surface area contributed by atoms with Crippen molar-refractivity contribution in [1.82, 2.24) is 14.9 Å². The molecule has 1 amide bonds. The minimum absolute atomic E-state index is 0.143. The highest BCUT2D eigenvalue weighted by Gasteiger charge is 2.27. The molecule has 0 saturated heterocycles. The predicted molar refractivity (Wildman–Crippen MR) is 85.4 cm³/mol. The summed E-state index contributed by atoms with van der Waals surface area (Å²) in [6, 6.07) is 1.20. The topological polar surface area (TPSA) is 114 Å². The molecule has 1 fully saturated rings. The third kappa shape index (κ3) is 2.80. The lowest BCUT2D eigenvalue weighted by molar-refractivity contribution is 0.0718. The minimum atomic E-state index is -1.23. The number of amides is 1. The van der Waals surface area contributed by atoms with Crippen LogP contribution < -0.4 is 10.1 Å². The summed E-state index contributed by atoms with van der Waals surface area (Å²) in [6.45, 7) is 0. The van der Waals surface area contributed by atoms with Crippen molar-refractivity contribution >= 4 is 23.0 Å². The lowest BCUT2D eigenvalue weighted by Gasteiger charge is -2.28. The van der Waals surface area contributed by atoms with E-state index in [4.69, 9.17) is 4.74 Å². The third-order valence-corrected chi connectivity index (χ3v) is 4.36. The van der Waals surface area contributed by atoms with E-state index in [-0.39, 0.29) is 22.6 Å². The van der Waals surface area contributed by atoms with Crippen LogP contribution in [-0.4, -0.2) is 51.0 Å². The SMILES string of the molecule is COc1ccnc2c(C(=O)N[C@H]3CCCC[C@@H]3O)cn(C(=O)O)c12. The number of aromatic nitrogens is 2. The van der Waals surface area contributed by atoms with Gasteiger partial charge in [-0.2, -0.15) is 0 Å². The van der Waals surface area contributed by atoms with Crippen LogP contribution in [0.5, 0.6) is 5.75 Å². The number of fused-ring (bicyclic) bond motifs is 1. The monoisotopic (exact) mass is 333 g/mol. The van der Waals surface area contributed by atoms with Crippen LogP contribution >= 0.6 is 0 Å². The van der Waals surface area contributed by atoms with Gasteiger partial charge in [-0.25, -0.2) is 9.36 Å². The summed E-state index contributed by atoms with van der Waals surface area (Å²) in [5.41, 5.74) is 0.616. The molecule has 0 radical (unpaired) electrons. The van der Waals surface area contributed by atoms with Gasteiger partial charge in [-0.05, 0) is 12.8 Å². The number of hydrogen-bond donors (Lipinski definition) is 3. The Labute approximate surface area is 138 Å². The Hall–Kier alpha value is -2.61. The fraction of sp³-hybridized carbons (Fsp3) is 0.438. The van der Waals surface area contributed by atoms with Gasteiger partial charge in [0.25, 0.3) is 5.91 Å². The van der Waals surface area contributed by atoms with Gasteiger partial charge in [-0.1, -0.05) is 12.8 Å². The van der Waals surface area contributed by atoms with Gasteiger partial charge in [0.15, 0.2) is 0 Å². The van der Waals surface area contributed by atoms with E-state index in [0.717, 1.165) is 17.4 Å². The average Bonchev–Trinajstić information content (AvgIpc) is 2.97. The molecule has 24 heavy (non-hydrogen) atoms. The van der Waals surface area contributed by atoms with Crippen LogP contribution in [0.25, 0.3) is 11.0 Å². The Bertz CT molecular complexity index is 785. The number of pyridine rings is 1. The number of aliphatic hydroxyl groups is 1. The highest BCUT2D eigenvalue weighted by atomic mass is 16.5. The van der Waals surface area contributed by atoms with Crippen LogP contribution in [0.4, 0.5) is 4.79 Å². The summed E-state index contributed by atoms with van der Waals surface area (Å²) < 4.78 is 6.11. The number of hydrogen-bond acceptors (Lipinski definition) is 5. The average molecular weight is 333 g/mol. The molecule has 0 aliphatic heterocycles. The van der Waals surface area contributed by atoms with E-state index in [1.165, 1.54) is 25.6 Å².